The van der Waals surface area contributed by atoms with Crippen LogP contribution in [0.5, 0.6) is 0 Å². The molecule has 0 bridgehead atoms. The first-order valence-corrected chi connectivity index (χ1v) is 7.27. The van der Waals surface area contributed by atoms with Crippen molar-refractivity contribution in [1.29, 1.82) is 0 Å². The number of hydrogen-bond donors (Lipinski definition) is 3. The number of urea groups is 1. The molecule has 9 heteroatoms. The lowest BCUT2D eigenvalue weighted by atomic mass is 10.0. The number of halogens is 3. The zero-order chi connectivity index (χ0) is 16.0. The largest absolute Gasteiger partial charge is 0.434 e. The molecule has 1 rings (SSSR count). The lowest BCUT2D eigenvalue weighted by Crippen LogP contribution is -2.44. The second kappa shape index (κ2) is 7.60. The summed E-state index contributed by atoms with van der Waals surface area (Å²) in [5.41, 5.74) is -0.960. The Morgan fingerprint density at radius 1 is 1.48 bits per heavy atom. The predicted octanol–water partition coefficient (Wildman–Crippen LogP) is 2.37. The normalized spacial score (nSPS) is 13.3. The van der Waals surface area contributed by atoms with Crippen LogP contribution in [0.1, 0.15) is 31.0 Å². The van der Waals surface area contributed by atoms with Gasteiger partial charge in [-0.05, 0) is 12.3 Å². The molecule has 0 spiro atoms. The fourth-order valence-corrected chi connectivity index (χ4v) is 2.40. The van der Waals surface area contributed by atoms with Gasteiger partial charge in [-0.25, -0.2) is 9.78 Å². The van der Waals surface area contributed by atoms with Crippen LogP contribution in [0.4, 0.5) is 18.0 Å². The van der Waals surface area contributed by atoms with Crippen LogP contribution in [0.3, 0.4) is 0 Å². The smallest absolute Gasteiger partial charge is 0.394 e. The Bertz CT molecular complexity index is 463. The average Bonchev–Trinajstić information content (AvgIpc) is 2.83. The molecule has 5 nitrogen and oxygen atoms in total. The molecule has 1 heterocycles. The topological polar surface area (TPSA) is 74.2 Å². The van der Waals surface area contributed by atoms with Gasteiger partial charge >= 0.3 is 12.2 Å². The number of rotatable bonds is 6. The van der Waals surface area contributed by atoms with Crippen molar-refractivity contribution in [1.82, 2.24) is 15.6 Å². The monoisotopic (exact) mass is 325 g/mol. The third kappa shape index (κ3) is 6.30. The minimum atomic E-state index is -4.48. The predicted molar refractivity (Wildman–Crippen MR) is 72.8 cm³/mol. The number of thiazole rings is 1. The third-order valence-electron chi connectivity index (χ3n) is 2.55. The third-order valence-corrected chi connectivity index (χ3v) is 3.40. The molecule has 1 aromatic rings. The van der Waals surface area contributed by atoms with Gasteiger partial charge in [0.2, 0.25) is 0 Å². The molecule has 120 valence electrons. The van der Waals surface area contributed by atoms with Crippen molar-refractivity contribution >= 4 is 17.4 Å². The molecule has 2 amide bonds. The second-order valence-corrected chi connectivity index (χ2v) is 5.90. The van der Waals surface area contributed by atoms with Gasteiger partial charge in [0, 0.05) is 5.38 Å². The molecule has 0 aliphatic carbocycles. The number of alkyl halides is 3. The van der Waals surface area contributed by atoms with Crippen LogP contribution in [0.15, 0.2) is 5.38 Å². The van der Waals surface area contributed by atoms with Crippen molar-refractivity contribution in [2.24, 2.45) is 5.92 Å². The second-order valence-electron chi connectivity index (χ2n) is 4.96. The standard InChI is InChI=1S/C12H18F3N3O2S/c1-7(2)3-8(5-19)17-11(20)16-4-10-18-9(6-21-10)12(13,14)15/h6-8,19H,3-5H2,1-2H3,(H2,16,17,20). The van der Waals surface area contributed by atoms with E-state index in [1.807, 2.05) is 13.8 Å². The maximum absolute atomic E-state index is 12.4. The van der Waals surface area contributed by atoms with Crippen LogP contribution in [0.2, 0.25) is 0 Å². The van der Waals surface area contributed by atoms with E-state index in [4.69, 9.17) is 5.11 Å². The Morgan fingerprint density at radius 2 is 2.14 bits per heavy atom. The summed E-state index contributed by atoms with van der Waals surface area (Å²) in [5, 5.41) is 15.2. The van der Waals surface area contributed by atoms with E-state index in [9.17, 15) is 18.0 Å². The first kappa shape index (κ1) is 17.7. The molecule has 0 radical (unpaired) electrons. The highest BCUT2D eigenvalue weighted by Gasteiger charge is 2.33. The Hall–Kier alpha value is -1.35. The van der Waals surface area contributed by atoms with Gasteiger partial charge < -0.3 is 15.7 Å². The number of aliphatic hydroxyl groups is 1. The molecule has 1 atom stereocenters. The van der Waals surface area contributed by atoms with Gasteiger partial charge in [0.1, 0.15) is 5.01 Å². The molecule has 0 aromatic carbocycles. The Balaban J connectivity index is 2.44. The SMILES string of the molecule is CC(C)CC(CO)NC(=O)NCc1nc(C(F)(F)F)cs1. The van der Waals surface area contributed by atoms with Gasteiger partial charge in [-0.1, -0.05) is 13.8 Å². The quantitative estimate of drug-likeness (QED) is 0.752. The van der Waals surface area contributed by atoms with E-state index in [1.54, 1.807) is 0 Å². The summed E-state index contributed by atoms with van der Waals surface area (Å²) < 4.78 is 37.1. The van der Waals surface area contributed by atoms with E-state index in [1.165, 1.54) is 0 Å². The van der Waals surface area contributed by atoms with Crippen LogP contribution in [0.25, 0.3) is 0 Å². The van der Waals surface area contributed by atoms with E-state index in [0.29, 0.717) is 12.3 Å². The maximum atomic E-state index is 12.4. The number of hydrogen-bond acceptors (Lipinski definition) is 4. The molecular formula is C12H18F3N3O2S. The summed E-state index contributed by atoms with van der Waals surface area (Å²) in [6.07, 6.45) is -3.87. The highest BCUT2D eigenvalue weighted by molar-refractivity contribution is 7.09. The van der Waals surface area contributed by atoms with Crippen LogP contribution in [-0.4, -0.2) is 28.8 Å². The van der Waals surface area contributed by atoms with E-state index in [-0.39, 0.29) is 24.2 Å². The van der Waals surface area contributed by atoms with Gasteiger partial charge in [0.25, 0.3) is 0 Å². The summed E-state index contributed by atoms with van der Waals surface area (Å²) in [6.45, 7) is 3.63. The molecule has 0 aliphatic heterocycles. The summed E-state index contributed by atoms with van der Waals surface area (Å²) in [6, 6.07) is -0.925. The molecule has 1 unspecified atom stereocenters. The highest BCUT2D eigenvalue weighted by atomic mass is 32.1. The summed E-state index contributed by atoms with van der Waals surface area (Å²) in [4.78, 5) is 15.0. The molecule has 3 N–H and O–H groups in total. The van der Waals surface area contributed by atoms with Crippen LogP contribution >= 0.6 is 11.3 Å². The number of nitrogens with one attached hydrogen (secondary N) is 2. The zero-order valence-corrected chi connectivity index (χ0v) is 12.5. The minimum Gasteiger partial charge on any atom is -0.394 e. The van der Waals surface area contributed by atoms with Gasteiger partial charge in [-0.3, -0.25) is 0 Å². The van der Waals surface area contributed by atoms with Crippen LogP contribution < -0.4 is 10.6 Å². The maximum Gasteiger partial charge on any atom is 0.434 e. The van der Waals surface area contributed by atoms with E-state index < -0.39 is 17.9 Å². The minimum absolute atomic E-state index is 0.0909. The fraction of sp³-hybridized carbons (Fsp3) is 0.667. The number of amides is 2. The van der Waals surface area contributed by atoms with Gasteiger partial charge in [0.15, 0.2) is 5.69 Å². The zero-order valence-electron chi connectivity index (χ0n) is 11.7. The van der Waals surface area contributed by atoms with E-state index >= 15 is 0 Å². The van der Waals surface area contributed by atoms with Gasteiger partial charge in [-0.2, -0.15) is 13.2 Å². The molecular weight excluding hydrogens is 307 g/mol. The number of carbonyl (C=O) groups excluding carboxylic acids is 1. The number of carbonyl (C=O) groups is 1. The fourth-order valence-electron chi connectivity index (χ4n) is 1.66. The van der Waals surface area contributed by atoms with E-state index in [2.05, 4.69) is 15.6 Å². The lowest BCUT2D eigenvalue weighted by molar-refractivity contribution is -0.140. The van der Waals surface area contributed by atoms with Gasteiger partial charge in [-0.15, -0.1) is 11.3 Å². The Kier molecular flexibility index (Phi) is 6.41. The van der Waals surface area contributed by atoms with Crippen molar-refractivity contribution in [3.63, 3.8) is 0 Å². The molecule has 0 saturated heterocycles. The summed E-state index contributed by atoms with van der Waals surface area (Å²) >= 11 is 0.831. The lowest BCUT2D eigenvalue weighted by Gasteiger charge is -2.18. The first-order chi connectivity index (χ1) is 9.72. The molecule has 0 fully saturated rings. The van der Waals surface area contributed by atoms with Crippen LogP contribution in [0, 0.1) is 5.92 Å². The molecule has 0 saturated carbocycles. The summed E-state index contributed by atoms with van der Waals surface area (Å²) in [7, 11) is 0. The number of aliphatic hydroxyl groups excluding tert-OH is 1. The number of aromatic nitrogens is 1. The van der Waals surface area contributed by atoms with Gasteiger partial charge in [0.05, 0.1) is 19.2 Å². The molecule has 21 heavy (non-hydrogen) atoms. The van der Waals surface area contributed by atoms with Crippen molar-refractivity contribution in [2.45, 2.75) is 39.0 Å². The van der Waals surface area contributed by atoms with E-state index in [0.717, 1.165) is 16.7 Å². The van der Waals surface area contributed by atoms with Crippen molar-refractivity contribution in [3.8, 4) is 0 Å². The number of nitrogens with zero attached hydrogens (tertiary/aromatic N) is 1. The molecule has 0 aliphatic rings. The average molecular weight is 325 g/mol. The summed E-state index contributed by atoms with van der Waals surface area (Å²) in [5.74, 6) is 0.302. The van der Waals surface area contributed by atoms with Crippen molar-refractivity contribution in [2.75, 3.05) is 6.61 Å². The Morgan fingerprint density at radius 3 is 2.62 bits per heavy atom. The highest BCUT2D eigenvalue weighted by Crippen LogP contribution is 2.29. The van der Waals surface area contributed by atoms with Crippen LogP contribution in [-0.2, 0) is 12.7 Å². The Labute approximate surface area is 124 Å². The van der Waals surface area contributed by atoms with Crippen molar-refractivity contribution < 1.29 is 23.1 Å². The molecule has 1 aromatic heterocycles. The van der Waals surface area contributed by atoms with Crippen molar-refractivity contribution in [3.05, 3.63) is 16.1 Å². The first-order valence-electron chi connectivity index (χ1n) is 6.39.